The maximum atomic E-state index is 11.1. The molecule has 0 radical (unpaired) electrons. The fraction of sp³-hybridized carbons (Fsp3) is 0.448. The van der Waals surface area contributed by atoms with Crippen LogP contribution in [0, 0.1) is 6.92 Å². The fourth-order valence-electron chi connectivity index (χ4n) is 5.81. The number of rotatable bonds is 8. The Labute approximate surface area is 198 Å². The van der Waals surface area contributed by atoms with Crippen LogP contribution in [0.15, 0.2) is 53.5 Å². The van der Waals surface area contributed by atoms with E-state index in [1.165, 1.54) is 47.2 Å². The van der Waals surface area contributed by atoms with Crippen LogP contribution >= 0.6 is 0 Å². The quantitative estimate of drug-likeness (QED) is 0.481. The van der Waals surface area contributed by atoms with Crippen LogP contribution in [-0.4, -0.2) is 35.9 Å². The summed E-state index contributed by atoms with van der Waals surface area (Å²) in [5.41, 5.74) is 7.09. The van der Waals surface area contributed by atoms with Crippen molar-refractivity contribution in [2.45, 2.75) is 70.8 Å². The molecular weight excluding hydrogens is 408 g/mol. The van der Waals surface area contributed by atoms with Gasteiger partial charge in [0.25, 0.3) is 0 Å². The number of aliphatic carboxylic acids is 1. The summed E-state index contributed by atoms with van der Waals surface area (Å²) < 4.78 is 0. The molecule has 0 aromatic heterocycles. The van der Waals surface area contributed by atoms with Crippen LogP contribution in [0.4, 0.5) is 5.69 Å². The van der Waals surface area contributed by atoms with Crippen molar-refractivity contribution in [3.8, 4) is 0 Å². The van der Waals surface area contributed by atoms with Crippen molar-refractivity contribution in [2.75, 3.05) is 18.0 Å². The molecule has 33 heavy (non-hydrogen) atoms. The minimum atomic E-state index is -0.819. The molecule has 2 aromatic rings. The number of allylic oxidation sites excluding steroid dienone is 1. The van der Waals surface area contributed by atoms with E-state index in [1.54, 1.807) is 0 Å². The summed E-state index contributed by atoms with van der Waals surface area (Å²) in [6.07, 6.45) is 8.17. The summed E-state index contributed by atoms with van der Waals surface area (Å²) in [6.45, 7) is 10.1. The van der Waals surface area contributed by atoms with Gasteiger partial charge in [0.2, 0.25) is 0 Å². The molecule has 0 spiro atoms. The standard InChI is InChI=1S/C29H36N2O2/c1-5-31-25-12-8-10-22(25)23-19-21(13-15-26(23)31)14-16-27(30-18-17-28(32)33)29(3,4)24-11-7-6-9-20(24)2/h6-7,9,11,13-16,19,22,25H,5,8,10,12,17-18H2,1-4H3,(H,32,33)/b16-14+,30-27?. The summed E-state index contributed by atoms with van der Waals surface area (Å²) in [6, 6.07) is 15.9. The van der Waals surface area contributed by atoms with Crippen LogP contribution in [0.2, 0.25) is 0 Å². The summed E-state index contributed by atoms with van der Waals surface area (Å²) in [5.74, 6) is -0.165. The number of fused-ring (bicyclic) bond motifs is 3. The molecule has 0 bridgehead atoms. The molecule has 0 saturated heterocycles. The topological polar surface area (TPSA) is 52.9 Å². The van der Waals surface area contributed by atoms with E-state index in [0.29, 0.717) is 12.0 Å². The number of aliphatic imine (C=N–C) groups is 1. The van der Waals surface area contributed by atoms with Gasteiger partial charge in [-0.05, 0) is 67.2 Å². The summed E-state index contributed by atoms with van der Waals surface area (Å²) >= 11 is 0. The van der Waals surface area contributed by atoms with E-state index in [-0.39, 0.29) is 18.4 Å². The number of hydrogen-bond acceptors (Lipinski definition) is 3. The maximum Gasteiger partial charge on any atom is 0.305 e. The number of carbonyl (C=O) groups is 1. The van der Waals surface area contributed by atoms with E-state index < -0.39 is 5.97 Å². The summed E-state index contributed by atoms with van der Waals surface area (Å²) in [7, 11) is 0. The van der Waals surface area contributed by atoms with E-state index >= 15 is 0 Å². The highest BCUT2D eigenvalue weighted by Crippen LogP contribution is 2.49. The SMILES string of the molecule is CCN1c2ccc(/C=C/C(=NCCC(=O)O)C(C)(C)c3ccccc3C)cc2C2CCCC21. The Hall–Kier alpha value is -2.88. The monoisotopic (exact) mass is 444 g/mol. The van der Waals surface area contributed by atoms with Crippen molar-refractivity contribution < 1.29 is 9.90 Å². The number of carboxylic acids is 1. The van der Waals surface area contributed by atoms with Gasteiger partial charge in [-0.3, -0.25) is 9.79 Å². The molecular formula is C29H36N2O2. The van der Waals surface area contributed by atoms with Crippen molar-refractivity contribution >= 4 is 23.4 Å². The molecule has 1 N–H and O–H groups in total. The van der Waals surface area contributed by atoms with Crippen molar-refractivity contribution in [3.05, 3.63) is 70.8 Å². The first kappa shape index (κ1) is 23.3. The zero-order valence-corrected chi connectivity index (χ0v) is 20.3. The number of likely N-dealkylation sites (N-methyl/N-ethyl adjacent to an activating group) is 1. The lowest BCUT2D eigenvalue weighted by atomic mass is 9.77. The van der Waals surface area contributed by atoms with E-state index in [9.17, 15) is 4.79 Å². The van der Waals surface area contributed by atoms with Crippen LogP contribution in [0.1, 0.15) is 74.6 Å². The van der Waals surface area contributed by atoms with Gasteiger partial charge in [0.1, 0.15) is 0 Å². The Morgan fingerprint density at radius 2 is 2.00 bits per heavy atom. The van der Waals surface area contributed by atoms with Crippen LogP contribution in [0.5, 0.6) is 0 Å². The molecule has 174 valence electrons. The van der Waals surface area contributed by atoms with Crippen LogP contribution in [0.3, 0.4) is 0 Å². The van der Waals surface area contributed by atoms with Crippen molar-refractivity contribution in [1.29, 1.82) is 0 Å². The third-order valence-electron chi connectivity index (χ3n) is 7.48. The minimum Gasteiger partial charge on any atom is -0.481 e. The molecule has 1 aliphatic heterocycles. The highest BCUT2D eigenvalue weighted by atomic mass is 16.4. The van der Waals surface area contributed by atoms with Crippen LogP contribution < -0.4 is 4.90 Å². The molecule has 1 fully saturated rings. The van der Waals surface area contributed by atoms with E-state index in [4.69, 9.17) is 10.1 Å². The van der Waals surface area contributed by atoms with E-state index in [2.05, 4.69) is 81.1 Å². The molecule has 4 nitrogen and oxygen atoms in total. The molecule has 1 aliphatic carbocycles. The largest absolute Gasteiger partial charge is 0.481 e. The molecule has 1 heterocycles. The van der Waals surface area contributed by atoms with Crippen molar-refractivity contribution in [2.24, 2.45) is 4.99 Å². The van der Waals surface area contributed by atoms with Crippen molar-refractivity contribution in [3.63, 3.8) is 0 Å². The summed E-state index contributed by atoms with van der Waals surface area (Å²) in [5, 5.41) is 9.11. The minimum absolute atomic E-state index is 0.0377. The Kier molecular flexibility index (Phi) is 6.73. The first-order valence-corrected chi connectivity index (χ1v) is 12.2. The number of carboxylic acid groups (broad SMARTS) is 1. The predicted molar refractivity (Wildman–Crippen MR) is 138 cm³/mol. The van der Waals surface area contributed by atoms with Gasteiger partial charge < -0.3 is 10.0 Å². The average Bonchev–Trinajstić information content (AvgIpc) is 3.36. The third-order valence-corrected chi connectivity index (χ3v) is 7.48. The average molecular weight is 445 g/mol. The molecule has 2 unspecified atom stereocenters. The first-order chi connectivity index (χ1) is 15.8. The normalized spacial score (nSPS) is 20.4. The molecule has 0 amide bonds. The lowest BCUT2D eigenvalue weighted by molar-refractivity contribution is -0.136. The van der Waals surface area contributed by atoms with Gasteiger partial charge in [-0.25, -0.2) is 0 Å². The lowest BCUT2D eigenvalue weighted by Crippen LogP contribution is -2.30. The van der Waals surface area contributed by atoms with E-state index in [1.807, 2.05) is 6.07 Å². The lowest BCUT2D eigenvalue weighted by Gasteiger charge is -2.28. The second-order valence-electron chi connectivity index (χ2n) is 9.89. The number of hydrogen-bond donors (Lipinski definition) is 1. The van der Waals surface area contributed by atoms with Gasteiger partial charge in [-0.2, -0.15) is 0 Å². The second kappa shape index (κ2) is 9.54. The second-order valence-corrected chi connectivity index (χ2v) is 9.89. The molecule has 2 aromatic carbocycles. The maximum absolute atomic E-state index is 11.1. The Morgan fingerprint density at radius 3 is 2.73 bits per heavy atom. The fourth-order valence-corrected chi connectivity index (χ4v) is 5.81. The van der Waals surface area contributed by atoms with Gasteiger partial charge in [0.15, 0.2) is 0 Å². The molecule has 4 heteroatoms. The zero-order valence-electron chi connectivity index (χ0n) is 20.3. The van der Waals surface area contributed by atoms with Gasteiger partial charge in [-0.15, -0.1) is 0 Å². The van der Waals surface area contributed by atoms with Gasteiger partial charge >= 0.3 is 5.97 Å². The number of aryl methyl sites for hydroxylation is 1. The smallest absolute Gasteiger partial charge is 0.305 e. The van der Waals surface area contributed by atoms with Crippen LogP contribution in [0.25, 0.3) is 6.08 Å². The highest BCUT2D eigenvalue weighted by Gasteiger charge is 2.40. The van der Waals surface area contributed by atoms with Gasteiger partial charge in [0.05, 0.1) is 6.42 Å². The Morgan fingerprint density at radius 1 is 1.21 bits per heavy atom. The summed E-state index contributed by atoms with van der Waals surface area (Å²) in [4.78, 5) is 18.4. The Bertz CT molecular complexity index is 1080. The number of anilines is 1. The van der Waals surface area contributed by atoms with E-state index in [0.717, 1.165) is 12.3 Å². The van der Waals surface area contributed by atoms with Crippen molar-refractivity contribution in [1.82, 2.24) is 0 Å². The molecule has 4 rings (SSSR count). The Balaban J connectivity index is 1.66. The van der Waals surface area contributed by atoms with Gasteiger partial charge in [0, 0.05) is 41.9 Å². The highest BCUT2D eigenvalue weighted by molar-refractivity contribution is 6.05. The first-order valence-electron chi connectivity index (χ1n) is 12.2. The molecule has 2 aliphatic rings. The third kappa shape index (κ3) is 4.62. The molecule has 2 atom stereocenters. The molecule has 1 saturated carbocycles. The zero-order chi connectivity index (χ0) is 23.6. The van der Waals surface area contributed by atoms with Crippen LogP contribution in [-0.2, 0) is 10.2 Å². The predicted octanol–water partition coefficient (Wildman–Crippen LogP) is 6.38. The van der Waals surface area contributed by atoms with Gasteiger partial charge in [-0.1, -0.05) is 56.7 Å². The number of nitrogens with zero attached hydrogens (tertiary/aromatic N) is 2. The number of benzene rings is 2.